The quantitative estimate of drug-likeness (QED) is 0.581. The van der Waals surface area contributed by atoms with Gasteiger partial charge < -0.3 is 10.2 Å². The molecule has 0 saturated heterocycles. The highest BCUT2D eigenvalue weighted by atomic mass is 16.3. The summed E-state index contributed by atoms with van der Waals surface area (Å²) in [5.41, 5.74) is 2.60. The Morgan fingerprint density at radius 1 is 1.21 bits per heavy atom. The van der Waals surface area contributed by atoms with Crippen LogP contribution in [-0.4, -0.2) is 21.9 Å². The van der Waals surface area contributed by atoms with Crippen molar-refractivity contribution in [3.63, 3.8) is 0 Å². The summed E-state index contributed by atoms with van der Waals surface area (Å²) < 4.78 is 0. The van der Waals surface area contributed by atoms with Gasteiger partial charge >= 0.3 is 0 Å². The van der Waals surface area contributed by atoms with E-state index in [1.807, 2.05) is 6.92 Å². The lowest BCUT2D eigenvalue weighted by atomic mass is 9.47. The summed E-state index contributed by atoms with van der Waals surface area (Å²) in [5.74, 6) is 1.98. The first-order chi connectivity index (χ1) is 13.1. The Bertz CT molecular complexity index is 670. The van der Waals surface area contributed by atoms with Gasteiger partial charge in [0.05, 0.1) is 11.7 Å². The molecular weight excluding hydrogens is 344 g/mol. The molecule has 0 heterocycles. The summed E-state index contributed by atoms with van der Waals surface area (Å²) in [6.07, 6.45) is 14.9. The van der Waals surface area contributed by atoms with Gasteiger partial charge in [-0.05, 0) is 101 Å². The number of aliphatic hydroxyl groups excluding tert-OH is 1. The molecule has 28 heavy (non-hydrogen) atoms. The Balaban J connectivity index is 1.64. The second-order valence-electron chi connectivity index (χ2n) is 11.6. The van der Waals surface area contributed by atoms with Gasteiger partial charge in [-0.2, -0.15) is 0 Å². The van der Waals surface area contributed by atoms with Crippen molar-refractivity contribution < 1.29 is 10.2 Å². The summed E-state index contributed by atoms with van der Waals surface area (Å²) in [4.78, 5) is 0. The average Bonchev–Trinajstić information content (AvgIpc) is 2.90. The third kappa shape index (κ3) is 3.05. The molecule has 0 aromatic rings. The molecule has 3 fully saturated rings. The number of rotatable bonds is 3. The van der Waals surface area contributed by atoms with E-state index in [1.54, 1.807) is 5.57 Å². The summed E-state index contributed by atoms with van der Waals surface area (Å²) in [7, 11) is 0. The van der Waals surface area contributed by atoms with E-state index in [0.29, 0.717) is 23.7 Å². The summed E-state index contributed by atoms with van der Waals surface area (Å²) in [5, 5.41) is 22.6. The highest BCUT2D eigenvalue weighted by molar-refractivity contribution is 5.25. The molecule has 0 unspecified atom stereocenters. The molecule has 0 bridgehead atoms. The number of aliphatic hydroxyl groups is 2. The van der Waals surface area contributed by atoms with E-state index in [-0.39, 0.29) is 17.4 Å². The first kappa shape index (κ1) is 20.7. The van der Waals surface area contributed by atoms with Crippen LogP contribution in [0.25, 0.3) is 0 Å². The van der Waals surface area contributed by atoms with E-state index in [0.717, 1.165) is 18.8 Å². The molecule has 0 aliphatic heterocycles. The van der Waals surface area contributed by atoms with Crippen molar-refractivity contribution in [3.05, 3.63) is 23.3 Å². The van der Waals surface area contributed by atoms with Gasteiger partial charge in [-0.1, -0.05) is 43.6 Å². The van der Waals surface area contributed by atoms with E-state index < -0.39 is 5.60 Å². The molecule has 158 valence electrons. The van der Waals surface area contributed by atoms with E-state index in [9.17, 15) is 10.2 Å². The van der Waals surface area contributed by atoms with Crippen molar-refractivity contribution in [2.45, 2.75) is 104 Å². The second kappa shape index (κ2) is 6.98. The van der Waals surface area contributed by atoms with Gasteiger partial charge in [0.15, 0.2) is 0 Å². The number of fused-ring (bicyclic) bond motifs is 5. The zero-order valence-corrected chi connectivity index (χ0v) is 18.8. The maximum atomic E-state index is 11.5. The van der Waals surface area contributed by atoms with Gasteiger partial charge in [0.1, 0.15) is 0 Å². The van der Waals surface area contributed by atoms with Crippen molar-refractivity contribution in [2.24, 2.45) is 34.5 Å². The Hall–Kier alpha value is -0.600. The van der Waals surface area contributed by atoms with Crippen LogP contribution in [0.1, 0.15) is 92.4 Å². The fourth-order valence-corrected chi connectivity index (χ4v) is 8.37. The number of hydrogen-bond donors (Lipinski definition) is 2. The fraction of sp³-hybridized carbons (Fsp3) is 0.846. The lowest BCUT2D eigenvalue weighted by Gasteiger charge is -2.58. The van der Waals surface area contributed by atoms with E-state index >= 15 is 0 Å². The summed E-state index contributed by atoms with van der Waals surface area (Å²) in [6, 6.07) is 0. The molecule has 0 amide bonds. The SMILES string of the molecule is CC(C)=CC[C@](C)(O)[C@H]1[C@@H](O)C[C@H]2[C@@H]3CC=C4CCCC[C@]4(C)[C@H]3CC[C@@]21C. The molecule has 4 aliphatic carbocycles. The molecule has 8 atom stereocenters. The summed E-state index contributed by atoms with van der Waals surface area (Å²) >= 11 is 0. The predicted molar refractivity (Wildman–Crippen MR) is 116 cm³/mol. The van der Waals surface area contributed by atoms with Crippen molar-refractivity contribution in [3.8, 4) is 0 Å². The molecule has 3 saturated carbocycles. The van der Waals surface area contributed by atoms with Gasteiger partial charge in [-0.25, -0.2) is 0 Å². The van der Waals surface area contributed by atoms with Crippen LogP contribution in [0, 0.1) is 34.5 Å². The number of allylic oxidation sites excluding steroid dienone is 3. The molecule has 0 spiro atoms. The van der Waals surface area contributed by atoms with Crippen LogP contribution < -0.4 is 0 Å². The maximum Gasteiger partial charge on any atom is 0.0712 e. The van der Waals surface area contributed by atoms with E-state index in [1.165, 1.54) is 44.1 Å². The zero-order valence-electron chi connectivity index (χ0n) is 18.8. The molecule has 0 aromatic carbocycles. The largest absolute Gasteiger partial charge is 0.393 e. The first-order valence-corrected chi connectivity index (χ1v) is 11.8. The lowest BCUT2D eigenvalue weighted by molar-refractivity contribution is -0.117. The highest BCUT2D eigenvalue weighted by Crippen LogP contribution is 2.67. The Labute approximate surface area is 172 Å². The monoisotopic (exact) mass is 386 g/mol. The maximum absolute atomic E-state index is 11.5. The van der Waals surface area contributed by atoms with Crippen molar-refractivity contribution in [1.29, 1.82) is 0 Å². The van der Waals surface area contributed by atoms with Gasteiger partial charge in [0.2, 0.25) is 0 Å². The van der Waals surface area contributed by atoms with Crippen molar-refractivity contribution in [2.75, 3.05) is 0 Å². The Morgan fingerprint density at radius 3 is 2.68 bits per heavy atom. The molecule has 2 nitrogen and oxygen atoms in total. The molecule has 2 N–H and O–H groups in total. The highest BCUT2D eigenvalue weighted by Gasteiger charge is 2.63. The van der Waals surface area contributed by atoms with Gasteiger partial charge in [-0.15, -0.1) is 0 Å². The normalized spacial score (nSPS) is 47.2. The number of hydrogen-bond acceptors (Lipinski definition) is 2. The third-order valence-electron chi connectivity index (χ3n) is 9.64. The minimum Gasteiger partial charge on any atom is -0.393 e. The van der Waals surface area contributed by atoms with Crippen LogP contribution in [0.2, 0.25) is 0 Å². The fourth-order valence-electron chi connectivity index (χ4n) is 8.37. The minimum atomic E-state index is -0.836. The standard InChI is InChI=1S/C26H42O2/c1-17(2)11-15-26(5,28)23-22(27)16-21-19-10-9-18-8-6-7-13-24(18,3)20(19)12-14-25(21,23)4/h9,11,19-23,27-28H,6-8,10,12-16H2,1-5H3/t19-,20+,21+,22+,23+,24+,25+,26+/m1/s1. The molecule has 4 rings (SSSR count). The van der Waals surface area contributed by atoms with E-state index in [4.69, 9.17) is 0 Å². The van der Waals surface area contributed by atoms with Crippen LogP contribution in [-0.2, 0) is 0 Å². The smallest absolute Gasteiger partial charge is 0.0712 e. The molecule has 0 radical (unpaired) electrons. The zero-order chi connectivity index (χ0) is 20.3. The third-order valence-corrected chi connectivity index (χ3v) is 9.64. The molecule has 4 aliphatic rings. The second-order valence-corrected chi connectivity index (χ2v) is 11.6. The topological polar surface area (TPSA) is 40.5 Å². The van der Waals surface area contributed by atoms with Gasteiger partial charge in [0, 0.05) is 5.92 Å². The van der Waals surface area contributed by atoms with Crippen LogP contribution >= 0.6 is 0 Å². The summed E-state index contributed by atoms with van der Waals surface area (Å²) in [6.45, 7) is 11.1. The van der Waals surface area contributed by atoms with Crippen molar-refractivity contribution in [1.82, 2.24) is 0 Å². The Morgan fingerprint density at radius 2 is 1.96 bits per heavy atom. The van der Waals surface area contributed by atoms with Gasteiger partial charge in [-0.3, -0.25) is 0 Å². The van der Waals surface area contributed by atoms with E-state index in [2.05, 4.69) is 39.8 Å². The van der Waals surface area contributed by atoms with Crippen LogP contribution in [0.3, 0.4) is 0 Å². The van der Waals surface area contributed by atoms with Crippen molar-refractivity contribution >= 4 is 0 Å². The molecular formula is C26H42O2. The van der Waals surface area contributed by atoms with Gasteiger partial charge in [0.25, 0.3) is 0 Å². The lowest BCUT2D eigenvalue weighted by Crippen LogP contribution is -2.53. The minimum absolute atomic E-state index is 0.0221. The first-order valence-electron chi connectivity index (χ1n) is 11.8. The van der Waals surface area contributed by atoms with Crippen LogP contribution in [0.5, 0.6) is 0 Å². The van der Waals surface area contributed by atoms with Crippen LogP contribution in [0.4, 0.5) is 0 Å². The molecule has 0 aromatic heterocycles. The predicted octanol–water partition coefficient (Wildman–Crippen LogP) is 6.03. The Kier molecular flexibility index (Phi) is 5.15. The van der Waals surface area contributed by atoms with Crippen LogP contribution in [0.15, 0.2) is 23.3 Å². The molecule has 2 heteroatoms. The average molecular weight is 387 g/mol.